The number of aliphatic hydroxyl groups excluding tert-OH is 1. The van der Waals surface area contributed by atoms with E-state index in [1.54, 1.807) is 0 Å². The molecule has 0 aromatic rings. The molecule has 0 aliphatic rings. The van der Waals surface area contributed by atoms with Gasteiger partial charge in [0, 0.05) is 5.57 Å². The van der Waals surface area contributed by atoms with Crippen molar-refractivity contribution in [1.82, 2.24) is 0 Å². The molecule has 5 nitrogen and oxygen atoms in total. The molecule has 0 spiro atoms. The highest BCUT2D eigenvalue weighted by Gasteiger charge is 2.36. The van der Waals surface area contributed by atoms with Crippen LogP contribution in [0.2, 0.25) is 0 Å². The second-order valence-corrected chi connectivity index (χ2v) is 3.21. The summed E-state index contributed by atoms with van der Waals surface area (Å²) in [5, 5.41) is 9.23. The molecule has 0 unspecified atom stereocenters. The Bertz CT molecular complexity index is 283. The van der Waals surface area contributed by atoms with Crippen LogP contribution in [0.1, 0.15) is 6.92 Å². The van der Waals surface area contributed by atoms with E-state index in [0.29, 0.717) is 0 Å². The van der Waals surface area contributed by atoms with Gasteiger partial charge in [0.05, 0.1) is 13.2 Å². The predicted molar refractivity (Wildman–Crippen MR) is 63.0 cm³/mol. The van der Waals surface area contributed by atoms with Gasteiger partial charge in [-0.3, -0.25) is 0 Å². The molecule has 0 saturated heterocycles. The Morgan fingerprint density at radius 2 is 1.76 bits per heavy atom. The van der Waals surface area contributed by atoms with Crippen molar-refractivity contribution in [3.05, 3.63) is 37.5 Å². The van der Waals surface area contributed by atoms with Crippen molar-refractivity contribution in [1.29, 1.82) is 0 Å². The molecule has 0 heterocycles. The van der Waals surface area contributed by atoms with Gasteiger partial charge in [0.1, 0.15) is 6.61 Å². The van der Waals surface area contributed by atoms with Crippen molar-refractivity contribution in [3.63, 3.8) is 0 Å². The average Bonchev–Trinajstić information content (AvgIpc) is 2.32. The minimum atomic E-state index is -1.85. The summed E-state index contributed by atoms with van der Waals surface area (Å²) in [5.74, 6) is -2.56. The van der Waals surface area contributed by atoms with Crippen LogP contribution >= 0.6 is 0 Å². The first-order valence-corrected chi connectivity index (χ1v) is 5.00. The second-order valence-electron chi connectivity index (χ2n) is 3.21. The molecule has 5 heteroatoms. The minimum Gasteiger partial charge on any atom is -0.402 e. The molecule has 0 aromatic heterocycles. The Morgan fingerprint density at radius 3 is 2.06 bits per heavy atom. The average molecular weight is 242 g/mol. The van der Waals surface area contributed by atoms with E-state index in [0.717, 1.165) is 0 Å². The van der Waals surface area contributed by atoms with Crippen molar-refractivity contribution in [2.45, 2.75) is 12.9 Å². The van der Waals surface area contributed by atoms with Gasteiger partial charge in [-0.05, 0) is 6.92 Å². The highest BCUT2D eigenvalue weighted by molar-refractivity contribution is 5.87. The Morgan fingerprint density at radius 1 is 1.29 bits per heavy atom. The molecule has 1 N–H and O–H groups in total. The van der Waals surface area contributed by atoms with E-state index in [-0.39, 0.29) is 18.8 Å². The summed E-state index contributed by atoms with van der Waals surface area (Å²) in [6, 6.07) is 0. The lowest BCUT2D eigenvalue weighted by molar-refractivity contribution is -0.366. The maximum Gasteiger partial charge on any atom is 0.354 e. The van der Waals surface area contributed by atoms with Gasteiger partial charge in [-0.25, -0.2) is 4.79 Å². The van der Waals surface area contributed by atoms with Crippen LogP contribution in [0.15, 0.2) is 37.5 Å². The van der Waals surface area contributed by atoms with Gasteiger partial charge < -0.3 is 19.3 Å². The minimum absolute atomic E-state index is 0.0567. The quantitative estimate of drug-likeness (QED) is 0.284. The fraction of sp³-hybridized carbons (Fsp3) is 0.417. The van der Waals surface area contributed by atoms with Crippen molar-refractivity contribution < 1.29 is 24.1 Å². The number of ether oxygens (including phenoxy) is 3. The third-order valence-corrected chi connectivity index (χ3v) is 1.63. The number of carbonyl (C=O) groups excluding carboxylic acids is 1. The topological polar surface area (TPSA) is 65.0 Å². The van der Waals surface area contributed by atoms with Crippen LogP contribution < -0.4 is 0 Å². The lowest BCUT2D eigenvalue weighted by Gasteiger charge is -2.30. The van der Waals surface area contributed by atoms with E-state index in [2.05, 4.69) is 19.7 Å². The molecule has 0 rings (SSSR count). The van der Waals surface area contributed by atoms with Gasteiger partial charge in [0.2, 0.25) is 0 Å². The summed E-state index contributed by atoms with van der Waals surface area (Å²) >= 11 is 0. The molecule has 17 heavy (non-hydrogen) atoms. The van der Waals surface area contributed by atoms with Crippen molar-refractivity contribution in [2.24, 2.45) is 0 Å². The van der Waals surface area contributed by atoms with Crippen LogP contribution in [-0.2, 0) is 19.0 Å². The van der Waals surface area contributed by atoms with Crippen molar-refractivity contribution >= 4 is 5.97 Å². The number of rotatable bonds is 9. The largest absolute Gasteiger partial charge is 0.402 e. The van der Waals surface area contributed by atoms with Gasteiger partial charge >= 0.3 is 11.9 Å². The van der Waals surface area contributed by atoms with E-state index >= 15 is 0 Å². The highest BCUT2D eigenvalue weighted by Crippen LogP contribution is 2.17. The molecule has 0 amide bonds. The van der Waals surface area contributed by atoms with E-state index in [1.807, 2.05) is 0 Å². The van der Waals surface area contributed by atoms with Crippen LogP contribution in [0.3, 0.4) is 0 Å². The molecule has 0 bridgehead atoms. The lowest BCUT2D eigenvalue weighted by atomic mass is 10.3. The number of aliphatic hydroxyl groups is 1. The molecule has 0 radical (unpaired) electrons. The number of esters is 1. The zero-order chi connectivity index (χ0) is 13.3. The van der Waals surface area contributed by atoms with E-state index in [1.165, 1.54) is 19.1 Å². The number of carbonyl (C=O) groups is 1. The van der Waals surface area contributed by atoms with Crippen LogP contribution in [-0.4, -0.2) is 36.9 Å². The Hall–Kier alpha value is -1.43. The maximum absolute atomic E-state index is 11.4. The standard InChI is InChI=1S/C12H18O5/c1-5-7-15-12(9-13,16-8-6-2)17-11(14)10(3)4/h5-6,13H,1-3,7-9H2,4H3. The van der Waals surface area contributed by atoms with Gasteiger partial charge in [-0.15, -0.1) is 13.2 Å². The van der Waals surface area contributed by atoms with Crippen molar-refractivity contribution in [3.8, 4) is 0 Å². The van der Waals surface area contributed by atoms with Gasteiger partial charge in [-0.1, -0.05) is 18.7 Å². The number of hydrogen-bond donors (Lipinski definition) is 1. The monoisotopic (exact) mass is 242 g/mol. The molecule has 96 valence electrons. The number of hydrogen-bond acceptors (Lipinski definition) is 5. The highest BCUT2D eigenvalue weighted by atomic mass is 16.9. The summed E-state index contributed by atoms with van der Waals surface area (Å²) in [6.07, 6.45) is 2.88. The van der Waals surface area contributed by atoms with Crippen LogP contribution in [0.5, 0.6) is 0 Å². The Labute approximate surface area is 101 Å². The molecular formula is C12H18O5. The Kier molecular flexibility index (Phi) is 7.13. The predicted octanol–water partition coefficient (Wildman–Crippen LogP) is 1.16. The Balaban J connectivity index is 4.75. The summed E-state index contributed by atoms with van der Waals surface area (Å²) in [5.41, 5.74) is 0.173. The lowest BCUT2D eigenvalue weighted by Crippen LogP contribution is -2.45. The first kappa shape index (κ1) is 15.6. The van der Waals surface area contributed by atoms with E-state index < -0.39 is 18.5 Å². The van der Waals surface area contributed by atoms with Crippen molar-refractivity contribution in [2.75, 3.05) is 19.8 Å². The second kappa shape index (κ2) is 7.78. The van der Waals surface area contributed by atoms with Crippen LogP contribution in [0, 0.1) is 0 Å². The van der Waals surface area contributed by atoms with Gasteiger partial charge in [0.25, 0.3) is 0 Å². The maximum atomic E-state index is 11.4. The van der Waals surface area contributed by atoms with E-state index in [4.69, 9.17) is 14.2 Å². The molecule has 0 saturated carbocycles. The summed E-state index contributed by atoms with van der Waals surface area (Å²) in [7, 11) is 0. The fourth-order valence-corrected chi connectivity index (χ4v) is 0.824. The molecule has 0 aliphatic carbocycles. The summed E-state index contributed by atoms with van der Waals surface area (Å²) < 4.78 is 15.2. The zero-order valence-corrected chi connectivity index (χ0v) is 9.98. The summed E-state index contributed by atoms with van der Waals surface area (Å²) in [6.45, 7) is 11.3. The fourth-order valence-electron chi connectivity index (χ4n) is 0.824. The molecule has 0 aromatic carbocycles. The van der Waals surface area contributed by atoms with Crippen LogP contribution in [0.4, 0.5) is 0 Å². The molecule has 0 atom stereocenters. The first-order chi connectivity index (χ1) is 8.01. The SMILES string of the molecule is C=CCOC(CO)(OCC=C)OC(=O)C(=C)C. The molecule has 0 aliphatic heterocycles. The third-order valence-electron chi connectivity index (χ3n) is 1.63. The zero-order valence-electron chi connectivity index (χ0n) is 9.98. The normalized spacial score (nSPS) is 10.7. The smallest absolute Gasteiger partial charge is 0.354 e. The summed E-state index contributed by atoms with van der Waals surface area (Å²) in [4.78, 5) is 11.4. The molecule has 0 fully saturated rings. The third kappa shape index (κ3) is 5.44. The van der Waals surface area contributed by atoms with E-state index in [9.17, 15) is 9.90 Å². The van der Waals surface area contributed by atoms with Gasteiger partial charge in [-0.2, -0.15) is 0 Å². The molecular weight excluding hydrogens is 224 g/mol. The van der Waals surface area contributed by atoms with Gasteiger partial charge in [0.15, 0.2) is 0 Å². The van der Waals surface area contributed by atoms with Crippen LogP contribution in [0.25, 0.3) is 0 Å². The first-order valence-electron chi connectivity index (χ1n) is 5.00.